The van der Waals surface area contributed by atoms with Gasteiger partial charge in [0, 0.05) is 34.9 Å². The molecule has 15 heteroatoms. The molecule has 14 nitrogen and oxygen atoms in total. The lowest BCUT2D eigenvalue weighted by atomic mass is 9.82. The number of fused-ring (bicyclic) bond motifs is 2. The summed E-state index contributed by atoms with van der Waals surface area (Å²) in [5.41, 5.74) is -1.07. The first-order valence-electron chi connectivity index (χ1n) is 14.2. The van der Waals surface area contributed by atoms with Crippen molar-refractivity contribution in [3.05, 3.63) is 23.8 Å². The molecule has 3 saturated heterocycles. The van der Waals surface area contributed by atoms with E-state index in [1.54, 1.807) is 31.0 Å². The Hall–Kier alpha value is -2.47. The Balaban J connectivity index is 1.43. The third-order valence-corrected chi connectivity index (χ3v) is 11.6. The average Bonchev–Trinajstić information content (AvgIpc) is 3.60. The number of aliphatic hydroxyl groups is 5. The van der Waals surface area contributed by atoms with Crippen LogP contribution in [0.15, 0.2) is 18.2 Å². The van der Waals surface area contributed by atoms with E-state index in [9.17, 15) is 44.7 Å². The van der Waals surface area contributed by atoms with Crippen molar-refractivity contribution in [1.82, 2.24) is 4.90 Å². The molecule has 42 heavy (non-hydrogen) atoms. The Kier molecular flexibility index (Phi) is 8.28. The Morgan fingerprint density at radius 3 is 2.55 bits per heavy atom. The Morgan fingerprint density at radius 1 is 1.17 bits per heavy atom. The summed E-state index contributed by atoms with van der Waals surface area (Å²) in [7, 11) is -3.02. The summed E-state index contributed by atoms with van der Waals surface area (Å²) in [6, 6.07) is 4.30. The quantitative estimate of drug-likeness (QED) is 0.174. The van der Waals surface area contributed by atoms with Crippen molar-refractivity contribution >= 4 is 37.4 Å². The van der Waals surface area contributed by atoms with Crippen LogP contribution in [0.5, 0.6) is 0 Å². The number of rotatable bonds is 6. The highest BCUT2D eigenvalue weighted by Gasteiger charge is 2.65. The SMILES string of the molecule is C[C@@H]1[C@@H]([Si](C)(C)O)[C@H](CC(=O)N2CCC[C@H]2CO)O[C@@]12C(=O)Nc1ccc(NC(=O)[C@H]3O[C@@H](O)[C@H](O)[C@@H](O)[C@@H]3O)cc12. The summed E-state index contributed by atoms with van der Waals surface area (Å²) in [4.78, 5) is 52.8. The Morgan fingerprint density at radius 2 is 1.88 bits per heavy atom. The number of carbonyl (C=O) groups is 3. The maximum atomic E-state index is 13.6. The number of benzene rings is 1. The van der Waals surface area contributed by atoms with Gasteiger partial charge in [-0.2, -0.15) is 0 Å². The molecule has 4 heterocycles. The van der Waals surface area contributed by atoms with Gasteiger partial charge in [-0.05, 0) is 44.1 Å². The van der Waals surface area contributed by atoms with Crippen LogP contribution < -0.4 is 10.6 Å². The van der Waals surface area contributed by atoms with Gasteiger partial charge in [0.2, 0.25) is 5.91 Å². The van der Waals surface area contributed by atoms with Crippen molar-refractivity contribution < 1.29 is 54.2 Å². The van der Waals surface area contributed by atoms with E-state index >= 15 is 0 Å². The molecule has 0 unspecified atom stereocenters. The number of hydrogen-bond donors (Lipinski definition) is 8. The number of nitrogens with zero attached hydrogens (tertiary/aromatic N) is 1. The van der Waals surface area contributed by atoms with Crippen molar-refractivity contribution in [1.29, 1.82) is 0 Å². The summed E-state index contributed by atoms with van der Waals surface area (Å²) in [5, 5.41) is 54.8. The fourth-order valence-corrected chi connectivity index (χ4v) is 9.66. The number of aliphatic hydroxyl groups excluding tert-OH is 5. The fourth-order valence-electron chi connectivity index (χ4n) is 7.11. The second kappa shape index (κ2) is 11.2. The van der Waals surface area contributed by atoms with E-state index < -0.39 is 74.0 Å². The van der Waals surface area contributed by atoms with Crippen LogP contribution in [0.25, 0.3) is 0 Å². The van der Waals surface area contributed by atoms with Gasteiger partial charge in [-0.15, -0.1) is 0 Å². The molecule has 0 saturated carbocycles. The molecule has 0 aliphatic carbocycles. The highest BCUT2D eigenvalue weighted by molar-refractivity contribution is 6.71. The third kappa shape index (κ3) is 5.05. The number of carbonyl (C=O) groups excluding carboxylic acids is 3. The summed E-state index contributed by atoms with van der Waals surface area (Å²) < 4.78 is 11.5. The summed E-state index contributed by atoms with van der Waals surface area (Å²) >= 11 is 0. The monoisotopic (exact) mass is 609 g/mol. The molecule has 232 valence electrons. The van der Waals surface area contributed by atoms with Crippen molar-refractivity contribution in [2.75, 3.05) is 23.8 Å². The first kappa shape index (κ1) is 31.0. The van der Waals surface area contributed by atoms with Gasteiger partial charge in [0.15, 0.2) is 26.3 Å². The lowest BCUT2D eigenvalue weighted by Crippen LogP contribution is -2.60. The second-order valence-electron chi connectivity index (χ2n) is 12.3. The van der Waals surface area contributed by atoms with Gasteiger partial charge in [0.25, 0.3) is 11.8 Å². The molecule has 1 spiro atoms. The zero-order valence-electron chi connectivity index (χ0n) is 23.6. The van der Waals surface area contributed by atoms with Gasteiger partial charge in [0.1, 0.15) is 18.3 Å². The number of nitrogens with one attached hydrogen (secondary N) is 2. The van der Waals surface area contributed by atoms with E-state index in [0.717, 1.165) is 6.42 Å². The minimum atomic E-state index is -3.02. The zero-order chi connectivity index (χ0) is 30.7. The minimum absolute atomic E-state index is 0.0727. The molecule has 1 aromatic carbocycles. The molecule has 3 fully saturated rings. The molecule has 4 aliphatic heterocycles. The topological polar surface area (TPSA) is 218 Å². The van der Waals surface area contributed by atoms with E-state index in [4.69, 9.17) is 9.47 Å². The van der Waals surface area contributed by atoms with Gasteiger partial charge in [-0.25, -0.2) is 0 Å². The fraction of sp³-hybridized carbons (Fsp3) is 0.667. The van der Waals surface area contributed by atoms with Crippen LogP contribution in [0, 0.1) is 5.92 Å². The molecule has 1 aromatic rings. The van der Waals surface area contributed by atoms with Gasteiger partial charge in [0.05, 0.1) is 25.2 Å². The number of anilines is 2. The molecule has 3 amide bonds. The van der Waals surface area contributed by atoms with Gasteiger partial charge < -0.3 is 55.3 Å². The van der Waals surface area contributed by atoms with Crippen LogP contribution in [0.2, 0.25) is 18.6 Å². The second-order valence-corrected chi connectivity index (χ2v) is 16.2. The number of likely N-dealkylation sites (tertiary alicyclic amines) is 1. The maximum Gasteiger partial charge on any atom is 0.261 e. The highest BCUT2D eigenvalue weighted by Crippen LogP contribution is 2.58. The van der Waals surface area contributed by atoms with Crippen molar-refractivity contribution in [2.45, 2.75) is 93.3 Å². The Bertz CT molecular complexity index is 1240. The largest absolute Gasteiger partial charge is 0.432 e. The van der Waals surface area contributed by atoms with Crippen LogP contribution >= 0.6 is 0 Å². The van der Waals surface area contributed by atoms with Gasteiger partial charge in [-0.3, -0.25) is 14.4 Å². The molecular weight excluding hydrogens is 570 g/mol. The normalized spacial score (nSPS) is 38.1. The molecule has 8 N–H and O–H groups in total. The predicted octanol–water partition coefficient (Wildman–Crippen LogP) is -1.45. The average molecular weight is 610 g/mol. The lowest BCUT2D eigenvalue weighted by molar-refractivity contribution is -0.274. The smallest absolute Gasteiger partial charge is 0.261 e. The minimum Gasteiger partial charge on any atom is -0.432 e. The zero-order valence-corrected chi connectivity index (χ0v) is 24.6. The van der Waals surface area contributed by atoms with Crippen LogP contribution in [0.3, 0.4) is 0 Å². The number of hydrogen-bond acceptors (Lipinski definition) is 11. The summed E-state index contributed by atoms with van der Waals surface area (Å²) in [6.07, 6.45) is -8.41. The van der Waals surface area contributed by atoms with E-state index in [1.165, 1.54) is 12.1 Å². The molecular formula is C27H39N3O11Si. The highest BCUT2D eigenvalue weighted by atomic mass is 28.4. The van der Waals surface area contributed by atoms with Crippen LogP contribution in [-0.2, 0) is 29.5 Å². The maximum absolute atomic E-state index is 13.6. The first-order valence-corrected chi connectivity index (χ1v) is 17.2. The molecule has 0 radical (unpaired) electrons. The number of ether oxygens (including phenoxy) is 2. The molecule has 0 aromatic heterocycles. The Labute approximate surface area is 243 Å². The summed E-state index contributed by atoms with van der Waals surface area (Å²) in [6.45, 7) is 5.64. The van der Waals surface area contributed by atoms with Crippen LogP contribution in [0.1, 0.15) is 31.7 Å². The van der Waals surface area contributed by atoms with E-state index in [2.05, 4.69) is 10.6 Å². The molecule has 0 bridgehead atoms. The predicted molar refractivity (Wildman–Crippen MR) is 148 cm³/mol. The molecule has 5 rings (SSSR count). The number of amides is 3. The summed E-state index contributed by atoms with van der Waals surface area (Å²) in [5.74, 6) is -2.15. The van der Waals surface area contributed by atoms with E-state index in [0.29, 0.717) is 24.2 Å². The van der Waals surface area contributed by atoms with E-state index in [1.807, 2.05) is 0 Å². The standard InChI is InChI=1S/C27H39N3O11Si/c1-12-23(42(2,3)39)17(10-18(32)30-8-4-5-14(30)11-31)41-27(12)15-9-13(6-7-16(15)29-26(27)38)28-24(36)22-20(34)19(33)21(35)25(37)40-22/h6-7,9,12,14,17,19-23,25,31,33-35,37,39H,4-5,8,10-11H2,1-3H3,(H,28,36)(H,29,38)/t12-,14+,17+,19+,20+,21-,22+,23-,25-,27+/m1/s1. The van der Waals surface area contributed by atoms with Crippen molar-refractivity contribution in [3.63, 3.8) is 0 Å². The molecule has 4 aliphatic rings. The van der Waals surface area contributed by atoms with Crippen molar-refractivity contribution in [2.24, 2.45) is 5.92 Å². The van der Waals surface area contributed by atoms with Crippen LogP contribution in [-0.4, -0.2) is 117 Å². The van der Waals surface area contributed by atoms with E-state index in [-0.39, 0.29) is 30.7 Å². The third-order valence-electron chi connectivity index (χ3n) is 9.14. The lowest BCUT2D eigenvalue weighted by Gasteiger charge is -2.37. The van der Waals surface area contributed by atoms with Gasteiger partial charge >= 0.3 is 0 Å². The molecule has 10 atom stereocenters. The van der Waals surface area contributed by atoms with Crippen LogP contribution in [0.4, 0.5) is 11.4 Å². The van der Waals surface area contributed by atoms with Gasteiger partial charge in [-0.1, -0.05) is 6.92 Å². The first-order chi connectivity index (χ1) is 19.7. The van der Waals surface area contributed by atoms with Crippen molar-refractivity contribution in [3.8, 4) is 0 Å².